The first kappa shape index (κ1) is 63.4. The first-order valence-corrected chi connectivity index (χ1v) is 37.1. The molecule has 1 saturated heterocycles. The van der Waals surface area contributed by atoms with Gasteiger partial charge in [-0.25, -0.2) is 4.99 Å². The van der Waals surface area contributed by atoms with Crippen molar-refractivity contribution < 1.29 is 34.7 Å². The van der Waals surface area contributed by atoms with E-state index in [0.717, 1.165) is 104 Å². The van der Waals surface area contributed by atoms with Crippen molar-refractivity contribution in [2.45, 2.75) is 203 Å². The summed E-state index contributed by atoms with van der Waals surface area (Å²) in [5.74, 6) is 9.23. The molecule has 3 spiro atoms. The third-order valence-corrected chi connectivity index (χ3v) is 27.0. The smallest absolute Gasteiger partial charge is 0.189 e. The number of benzene rings is 2. The molecule has 6 fully saturated rings. The lowest BCUT2D eigenvalue weighted by molar-refractivity contribution is -0.00497. The number of aromatic nitrogens is 1. The number of phenolic OH excluding ortho intramolecular Hbond substituents is 2. The number of aromatic hydroxyl groups is 2. The molecular weight excluding hydrogens is 1150 g/mol. The van der Waals surface area contributed by atoms with E-state index in [1.807, 2.05) is 65.9 Å². The fraction of sp³-hybridized carbons (Fsp3) is 0.658. The molecular formula is C73H103N7O7S2. The zero-order chi connectivity index (χ0) is 61.6. The maximum atomic E-state index is 12.0. The minimum atomic E-state index is -0.948. The summed E-state index contributed by atoms with van der Waals surface area (Å²) in [6.07, 6.45) is 30.7. The SMILES string of the molecule is CNC[C@H](NC[C@H](C)O)[C@H]1c2cc([C@@H](O)COc3cc(CCc4cc(CO)c(CC[C@@H]5CC[C@]67C=C[C@@H]8C[C@H]6[C@H](C5)C[C@@H](N)[C@@H]7CSSC[C@@H](N=C(N)N[C@H]5CCC[C@H](c6cccc(O)c6)C5)[C@@H]8C)o4)ccc3O)[nH]c2[C@H]2C=C[C@@]13CCC[C@@H]3C21CCCC1. The van der Waals surface area contributed by atoms with Gasteiger partial charge in [0.15, 0.2) is 17.5 Å². The van der Waals surface area contributed by atoms with Gasteiger partial charge in [0.2, 0.25) is 0 Å². The Bertz CT molecular complexity index is 3170. The monoisotopic (exact) mass is 1250 g/mol. The first-order valence-electron chi connectivity index (χ1n) is 34.6. The third-order valence-electron chi connectivity index (χ3n) is 24.5. The number of allylic oxidation sites excluding steroid dienone is 4. The number of rotatable bonds is 20. The van der Waals surface area contributed by atoms with Crippen molar-refractivity contribution in [2.75, 3.05) is 38.2 Å². The van der Waals surface area contributed by atoms with E-state index >= 15 is 0 Å². The van der Waals surface area contributed by atoms with E-state index in [1.54, 1.807) is 12.1 Å². The Hall–Kier alpha value is -4.39. The largest absolute Gasteiger partial charge is 0.508 e. The summed E-state index contributed by atoms with van der Waals surface area (Å²) in [6, 6.07) is 18.1. The summed E-state index contributed by atoms with van der Waals surface area (Å²) in [7, 11) is 5.97. The number of nitrogens with zero attached hydrogens (tertiary/aromatic N) is 1. The average molecular weight is 1250 g/mol. The van der Waals surface area contributed by atoms with Crippen LogP contribution in [0.15, 0.2) is 88.3 Å². The summed E-state index contributed by atoms with van der Waals surface area (Å²) in [6.45, 7) is 5.45. The van der Waals surface area contributed by atoms with Gasteiger partial charge in [-0.15, -0.1) is 0 Å². The molecule has 13 N–H and O–H groups in total. The minimum absolute atomic E-state index is 0.00184. The highest BCUT2D eigenvalue weighted by Crippen LogP contribution is 2.73. The van der Waals surface area contributed by atoms with Crippen molar-refractivity contribution in [1.82, 2.24) is 20.9 Å². The second-order valence-electron chi connectivity index (χ2n) is 29.5. The van der Waals surface area contributed by atoms with Gasteiger partial charge in [-0.3, -0.25) is 0 Å². The molecule has 11 aliphatic rings. The molecule has 7 bridgehead atoms. The molecule has 18 atom stereocenters. The number of aliphatic hydroxyl groups excluding tert-OH is 3. The topological polar surface area (TPSA) is 240 Å². The van der Waals surface area contributed by atoms with Gasteiger partial charge in [0.1, 0.15) is 30.0 Å². The second kappa shape index (κ2) is 26.9. The third kappa shape index (κ3) is 12.6. The van der Waals surface area contributed by atoms with Crippen LogP contribution in [0.4, 0.5) is 0 Å². The van der Waals surface area contributed by atoms with Crippen LogP contribution in [0.5, 0.6) is 17.2 Å². The van der Waals surface area contributed by atoms with Crippen LogP contribution in [0.1, 0.15) is 192 Å². The van der Waals surface area contributed by atoms with E-state index in [4.69, 9.17) is 25.6 Å². The molecule has 2 aliphatic heterocycles. The van der Waals surface area contributed by atoms with Gasteiger partial charge in [-0.1, -0.05) is 96.7 Å². The van der Waals surface area contributed by atoms with E-state index in [1.165, 1.54) is 74.6 Å². The van der Waals surface area contributed by atoms with E-state index in [2.05, 4.69) is 64.3 Å². The van der Waals surface area contributed by atoms with Crippen LogP contribution >= 0.6 is 21.6 Å². The highest BCUT2D eigenvalue weighted by atomic mass is 33.1. The van der Waals surface area contributed by atoms with Crippen LogP contribution in [-0.4, -0.2) is 105 Å². The number of furan rings is 1. The first-order chi connectivity index (χ1) is 43.2. The number of phenols is 2. The van der Waals surface area contributed by atoms with Gasteiger partial charge < -0.3 is 67.1 Å². The molecule has 2 aromatic heterocycles. The van der Waals surface area contributed by atoms with Crippen molar-refractivity contribution in [3.63, 3.8) is 0 Å². The Kier molecular flexibility index (Phi) is 19.2. The average Bonchev–Trinajstić information content (AvgIpc) is 1.54. The number of aryl methyl sites for hydroxylation is 3. The van der Waals surface area contributed by atoms with E-state index < -0.39 is 12.2 Å². The number of hydrogen-bond acceptors (Lipinski definition) is 13. The Morgan fingerprint density at radius 3 is 2.53 bits per heavy atom. The highest BCUT2D eigenvalue weighted by molar-refractivity contribution is 8.76. The van der Waals surface area contributed by atoms with E-state index in [-0.39, 0.29) is 71.2 Å². The van der Waals surface area contributed by atoms with E-state index in [0.29, 0.717) is 84.2 Å². The number of nitrogens with one attached hydrogen (secondary N) is 4. The van der Waals surface area contributed by atoms with Gasteiger partial charge in [0.05, 0.1) is 18.8 Å². The maximum absolute atomic E-state index is 12.0. The molecule has 89 heavy (non-hydrogen) atoms. The molecule has 4 heterocycles. The fourth-order valence-corrected chi connectivity index (χ4v) is 23.2. The van der Waals surface area contributed by atoms with Gasteiger partial charge in [0, 0.05) is 89.8 Å². The van der Waals surface area contributed by atoms with Gasteiger partial charge in [-0.05, 0) is 215 Å². The molecule has 0 unspecified atom stereocenters. The summed E-state index contributed by atoms with van der Waals surface area (Å²) in [5.41, 5.74) is 20.8. The lowest BCUT2D eigenvalue weighted by Gasteiger charge is -2.56. The Balaban J connectivity index is 0.640. The van der Waals surface area contributed by atoms with Crippen molar-refractivity contribution in [3.05, 3.63) is 124 Å². The van der Waals surface area contributed by atoms with Crippen LogP contribution in [0.2, 0.25) is 0 Å². The Morgan fingerprint density at radius 2 is 1.71 bits per heavy atom. The predicted octanol–water partition coefficient (Wildman–Crippen LogP) is 12.0. The zero-order valence-corrected chi connectivity index (χ0v) is 54.7. The zero-order valence-electron chi connectivity index (χ0n) is 53.1. The van der Waals surface area contributed by atoms with Gasteiger partial charge in [0.25, 0.3) is 0 Å². The number of guanidine groups is 1. The summed E-state index contributed by atoms with van der Waals surface area (Å²) < 4.78 is 13.0. The molecule has 0 radical (unpaired) electrons. The van der Waals surface area contributed by atoms with Crippen LogP contribution < -0.4 is 32.2 Å². The number of aromatic amines is 1. The molecule has 16 heteroatoms. The number of aliphatic hydroxyl groups is 3. The number of nitrogens with two attached hydrogens (primary N) is 2. The van der Waals surface area contributed by atoms with Crippen molar-refractivity contribution in [1.29, 1.82) is 0 Å². The molecule has 484 valence electrons. The number of fused-ring (bicyclic) bond motifs is 5. The minimum Gasteiger partial charge on any atom is -0.508 e. The molecule has 14 nitrogen and oxygen atoms in total. The number of H-pyrrole nitrogens is 1. The summed E-state index contributed by atoms with van der Waals surface area (Å²) in [4.78, 5) is 9.14. The lowest BCUT2D eigenvalue weighted by atomic mass is 9.50. The molecule has 2 aromatic carbocycles. The summed E-state index contributed by atoms with van der Waals surface area (Å²) >= 11 is 0. The molecule has 0 amide bonds. The summed E-state index contributed by atoms with van der Waals surface area (Å²) in [5, 5.41) is 65.5. The fourth-order valence-electron chi connectivity index (χ4n) is 20.4. The van der Waals surface area contributed by atoms with Gasteiger partial charge in [-0.2, -0.15) is 0 Å². The van der Waals surface area contributed by atoms with Crippen molar-refractivity contribution in [3.8, 4) is 17.2 Å². The van der Waals surface area contributed by atoms with Crippen LogP contribution in [-0.2, 0) is 25.9 Å². The number of likely N-dealkylation sites (N-methyl/N-ethyl adjacent to an activating group) is 1. The quantitative estimate of drug-likeness (QED) is 0.0171. The number of ether oxygens (including phenoxy) is 1. The molecule has 9 aliphatic carbocycles. The Labute approximate surface area is 536 Å². The lowest BCUT2D eigenvalue weighted by Crippen LogP contribution is -2.55. The van der Waals surface area contributed by atoms with Crippen molar-refractivity contribution in [2.24, 2.45) is 74.1 Å². The second-order valence-corrected chi connectivity index (χ2v) is 32.1. The number of aliphatic imine (C=N–C) groups is 1. The van der Waals surface area contributed by atoms with Crippen LogP contribution in [0, 0.1) is 57.7 Å². The van der Waals surface area contributed by atoms with Crippen LogP contribution in [0.3, 0.4) is 0 Å². The predicted molar refractivity (Wildman–Crippen MR) is 358 cm³/mol. The molecule has 5 saturated carbocycles. The number of hydrogen-bond donors (Lipinski definition) is 11. The molecule has 15 rings (SSSR count). The maximum Gasteiger partial charge on any atom is 0.189 e. The molecule has 4 aromatic rings. The van der Waals surface area contributed by atoms with Gasteiger partial charge >= 0.3 is 0 Å². The van der Waals surface area contributed by atoms with Crippen molar-refractivity contribution >= 4 is 27.5 Å². The standard InChI is InChI=1S/C73H103N7O7S2/c1-43(82)37-77-61(38-76-3)68-55-36-60(79-69(55)56-22-28-73(68)25-8-13-67(73)72(56)23-4-5-24-72)64(85)40-86-66-30-45(15-18-63(66)84)14-17-54-33-51(39-81)65(87-54)19-16-46-20-26-71-27-21-47-34-57(71)50(29-46)35-59(74)58(71)41-88-89-42-62(44(47)2)80-70(75)78-52-11-6-9-48(31-52)49-10-7-12-53(83)32-49/h7,10,12,15,18,21-22,27-28,30,32-33,36,43-44,46-48,50,52,56-59,61-62,64,67-68,76-77,79,81-85H,4-6,8-9,11,13-14,16-17,19-20,23-26,29,31,34-35,37-42,74H2,1-3H3,(H3,75,78,80)/t43-,44+,46+,47+,48-,50+,52-,56+,57-,58-,59+,61-,62+,64-,67+,68+,71-,73+/m0/s1. The van der Waals surface area contributed by atoms with E-state index in [9.17, 15) is 25.5 Å². The normalized spacial score (nSPS) is 34.7. The highest BCUT2D eigenvalue weighted by Gasteiger charge is 2.65. The van der Waals surface area contributed by atoms with Crippen LogP contribution in [0.25, 0.3) is 0 Å². The Morgan fingerprint density at radius 1 is 0.865 bits per heavy atom.